The maximum Gasteiger partial charge on any atom is 0.435 e. The maximum absolute atomic E-state index is 13.8. The molecule has 4 aromatic rings. The zero-order valence-corrected chi connectivity index (χ0v) is 33.3. The molecule has 4 heterocycles. The van der Waals surface area contributed by atoms with E-state index in [-0.39, 0.29) is 17.1 Å². The van der Waals surface area contributed by atoms with E-state index < -0.39 is 37.4 Å². The number of rotatable bonds is 8. The number of nitrogens with one attached hydrogen (secondary N) is 1. The molecule has 2 aromatic carbocycles. The smallest absolute Gasteiger partial charge is 0.435 e. The predicted octanol–water partition coefficient (Wildman–Crippen LogP) is 7.03. The van der Waals surface area contributed by atoms with Crippen LogP contribution in [0.15, 0.2) is 42.6 Å². The summed E-state index contributed by atoms with van der Waals surface area (Å²) in [5, 5.41) is 18.6. The lowest BCUT2D eigenvalue weighted by Crippen LogP contribution is -2.58. The minimum absolute atomic E-state index is 0.0866. The number of imide groups is 1. The van der Waals surface area contributed by atoms with Crippen LogP contribution in [0.4, 0.5) is 32.9 Å². The van der Waals surface area contributed by atoms with Crippen molar-refractivity contribution in [1.29, 1.82) is 0 Å². The van der Waals surface area contributed by atoms with Crippen molar-refractivity contribution < 1.29 is 38.1 Å². The van der Waals surface area contributed by atoms with E-state index in [4.69, 9.17) is 23.6 Å². The highest BCUT2D eigenvalue weighted by Gasteiger charge is 2.68. The highest BCUT2D eigenvalue weighted by Crippen LogP contribution is 2.67. The standard InChI is InChI=1S/C38H47N7O8Si/c1-36(2,3)52-35(49)45-28-15-21(26-17-38(26)25-16-22(50-7)12-14-27(25)44(32(38)46)34(47)48)11-13-24(28)30(42-45)40-31-29(51-8)18-39-33(41-31)43-19-23(20-43)53-54(9,10)37(4,5)6/h11-16,18,23,26H,17,19-20H2,1-10H3,(H,47,48)(H,39,40,41,42)/t26-,38-/m0/s1. The number of carbonyl (C=O) groups excluding carboxylic acids is 2. The molecule has 3 aliphatic rings. The van der Waals surface area contributed by atoms with Gasteiger partial charge in [-0.25, -0.2) is 19.5 Å². The van der Waals surface area contributed by atoms with Crippen LogP contribution in [0.2, 0.25) is 18.1 Å². The first-order valence-electron chi connectivity index (χ1n) is 17.9. The molecule has 54 heavy (non-hydrogen) atoms. The molecule has 1 spiro atoms. The highest BCUT2D eigenvalue weighted by molar-refractivity contribution is 6.74. The molecule has 286 valence electrons. The summed E-state index contributed by atoms with van der Waals surface area (Å²) < 4.78 is 24.5. The summed E-state index contributed by atoms with van der Waals surface area (Å²) in [6, 6.07) is 10.5. The third-order valence-corrected chi connectivity index (χ3v) is 15.5. The second-order valence-electron chi connectivity index (χ2n) is 16.7. The number of anilines is 4. The van der Waals surface area contributed by atoms with Gasteiger partial charge in [0, 0.05) is 24.4 Å². The lowest BCUT2D eigenvalue weighted by atomic mass is 9.91. The molecule has 0 bridgehead atoms. The van der Waals surface area contributed by atoms with Crippen molar-refractivity contribution in [1.82, 2.24) is 19.7 Å². The quantitative estimate of drug-likeness (QED) is 0.176. The molecule has 2 aliphatic heterocycles. The van der Waals surface area contributed by atoms with Crippen molar-refractivity contribution in [2.24, 2.45) is 0 Å². The zero-order chi connectivity index (χ0) is 39.1. The van der Waals surface area contributed by atoms with E-state index in [1.54, 1.807) is 51.2 Å². The molecular weight excluding hydrogens is 711 g/mol. The SMILES string of the molecule is COc1ccc2c(c1)[C@]1(C[C@H]1c1ccc3c(Nc4nc(N5CC(O[Si](C)(C)C(C)(C)C)C5)ncc4OC)nn(C(=O)OC(C)(C)C)c3c1)C(=O)N2C(=O)O. The molecule has 0 radical (unpaired) electrons. The van der Waals surface area contributed by atoms with E-state index >= 15 is 0 Å². The highest BCUT2D eigenvalue weighted by atomic mass is 28.4. The number of ether oxygens (including phenoxy) is 3. The summed E-state index contributed by atoms with van der Waals surface area (Å²) in [5.41, 5.74) is 0.173. The molecule has 7 rings (SSSR count). The average Bonchev–Trinajstić information content (AvgIpc) is 3.66. The van der Waals surface area contributed by atoms with Gasteiger partial charge in [-0.1, -0.05) is 26.8 Å². The summed E-state index contributed by atoms with van der Waals surface area (Å²) in [7, 11) is 1.11. The molecule has 15 nitrogen and oxygen atoms in total. The average molecular weight is 758 g/mol. The maximum atomic E-state index is 13.8. The number of fused-ring (bicyclic) bond motifs is 3. The molecule has 2 aromatic heterocycles. The molecule has 1 aliphatic carbocycles. The van der Waals surface area contributed by atoms with E-state index in [1.165, 1.54) is 18.9 Å². The predicted molar refractivity (Wildman–Crippen MR) is 205 cm³/mol. The third-order valence-electron chi connectivity index (χ3n) is 10.9. The fourth-order valence-electron chi connectivity index (χ4n) is 7.03. The van der Waals surface area contributed by atoms with Crippen LogP contribution < -0.4 is 24.6 Å². The van der Waals surface area contributed by atoms with Gasteiger partial charge in [-0.05, 0) is 86.8 Å². The van der Waals surface area contributed by atoms with E-state index in [1.807, 2.05) is 17.0 Å². The third kappa shape index (κ3) is 6.20. The van der Waals surface area contributed by atoms with Gasteiger partial charge in [0.15, 0.2) is 25.7 Å². The van der Waals surface area contributed by atoms with Gasteiger partial charge in [0.1, 0.15) is 11.4 Å². The Morgan fingerprint density at radius 3 is 2.35 bits per heavy atom. The number of methoxy groups -OCH3 is 2. The molecule has 2 fully saturated rings. The van der Waals surface area contributed by atoms with Gasteiger partial charge in [-0.15, -0.1) is 5.10 Å². The van der Waals surface area contributed by atoms with Crippen LogP contribution in [0.25, 0.3) is 10.9 Å². The molecular formula is C38H47N7O8Si. The summed E-state index contributed by atoms with van der Waals surface area (Å²) in [6.45, 7) is 17.8. The number of amides is 2. The van der Waals surface area contributed by atoms with Crippen molar-refractivity contribution in [2.45, 2.75) is 89.1 Å². The van der Waals surface area contributed by atoms with Crippen molar-refractivity contribution in [2.75, 3.05) is 42.4 Å². The van der Waals surface area contributed by atoms with Crippen molar-refractivity contribution in [3.63, 3.8) is 0 Å². The molecule has 2 atom stereocenters. The zero-order valence-electron chi connectivity index (χ0n) is 32.3. The van der Waals surface area contributed by atoms with E-state index in [0.717, 1.165) is 10.5 Å². The van der Waals surface area contributed by atoms with Crippen LogP contribution >= 0.6 is 0 Å². The Bertz CT molecular complexity index is 2190. The second kappa shape index (κ2) is 12.7. The van der Waals surface area contributed by atoms with Crippen molar-refractivity contribution in [3.8, 4) is 11.5 Å². The van der Waals surface area contributed by atoms with Crippen LogP contribution in [0.5, 0.6) is 11.5 Å². The molecule has 1 saturated carbocycles. The number of nitrogens with zero attached hydrogens (tertiary/aromatic N) is 6. The van der Waals surface area contributed by atoms with Crippen molar-refractivity contribution >= 4 is 60.6 Å². The van der Waals surface area contributed by atoms with Crippen LogP contribution in [-0.2, 0) is 19.4 Å². The summed E-state index contributed by atoms with van der Waals surface area (Å²) in [5.74, 6) is 1.19. The first-order valence-corrected chi connectivity index (χ1v) is 20.8. The molecule has 1 saturated heterocycles. The largest absolute Gasteiger partial charge is 0.497 e. The van der Waals surface area contributed by atoms with Gasteiger partial charge >= 0.3 is 12.2 Å². The second-order valence-corrected chi connectivity index (χ2v) is 21.4. The Morgan fingerprint density at radius 2 is 1.72 bits per heavy atom. The number of benzene rings is 2. The fourth-order valence-corrected chi connectivity index (χ4v) is 8.36. The Morgan fingerprint density at radius 1 is 1.00 bits per heavy atom. The fraction of sp³-hybridized carbons (Fsp3) is 0.474. The van der Waals surface area contributed by atoms with Gasteiger partial charge in [-0.3, -0.25) is 4.79 Å². The first-order chi connectivity index (χ1) is 25.3. The number of aromatic nitrogens is 4. The van der Waals surface area contributed by atoms with E-state index in [2.05, 4.69) is 49.3 Å². The summed E-state index contributed by atoms with van der Waals surface area (Å²) in [6.07, 6.45) is 0.0156. The van der Waals surface area contributed by atoms with Gasteiger partial charge in [0.05, 0.1) is 43.1 Å². The normalized spacial score (nSPS) is 19.9. The summed E-state index contributed by atoms with van der Waals surface area (Å²) in [4.78, 5) is 51.9. The number of carboxylic acid groups (broad SMARTS) is 1. The first kappa shape index (κ1) is 37.1. The van der Waals surface area contributed by atoms with Crippen LogP contribution in [0.1, 0.15) is 65.0 Å². The Kier molecular flexibility index (Phi) is 8.72. The van der Waals surface area contributed by atoms with E-state index in [9.17, 15) is 19.5 Å². The molecule has 16 heteroatoms. The Hall–Kier alpha value is -5.22. The van der Waals surface area contributed by atoms with Crippen LogP contribution in [0.3, 0.4) is 0 Å². The number of carbonyl (C=O) groups is 3. The molecule has 2 N–H and O–H groups in total. The Labute approximate surface area is 314 Å². The van der Waals surface area contributed by atoms with Crippen LogP contribution in [-0.4, -0.2) is 90.3 Å². The minimum atomic E-state index is -1.94. The van der Waals surface area contributed by atoms with Gasteiger partial charge < -0.3 is 34.0 Å². The molecule has 2 amide bonds. The molecule has 0 unspecified atom stereocenters. The van der Waals surface area contributed by atoms with E-state index in [0.29, 0.717) is 70.7 Å². The topological polar surface area (TPSA) is 170 Å². The lowest BCUT2D eigenvalue weighted by Gasteiger charge is -2.46. The van der Waals surface area contributed by atoms with Gasteiger partial charge in [0.2, 0.25) is 11.9 Å². The van der Waals surface area contributed by atoms with Crippen LogP contribution in [0, 0.1) is 0 Å². The van der Waals surface area contributed by atoms with Crippen molar-refractivity contribution in [3.05, 3.63) is 53.7 Å². The number of hydrogen-bond donors (Lipinski definition) is 2. The summed E-state index contributed by atoms with van der Waals surface area (Å²) >= 11 is 0. The Balaban J connectivity index is 1.22. The van der Waals surface area contributed by atoms with Gasteiger partial charge in [-0.2, -0.15) is 9.67 Å². The van der Waals surface area contributed by atoms with Gasteiger partial charge in [0.25, 0.3) is 0 Å². The number of hydrogen-bond acceptors (Lipinski definition) is 12. The lowest BCUT2D eigenvalue weighted by molar-refractivity contribution is -0.119. The monoisotopic (exact) mass is 757 g/mol. The minimum Gasteiger partial charge on any atom is -0.497 e.